The standard InChI is InChI=1S/C11H18N2O7/c1-13(5-3-4-9(16)20-2)11(19)12-7(10(17)18)6-8(14)15/h7H,3-6H2,1-2H3,(H,12,19)(H,14,15)(H,17,18)/t7-/m0/s1. The van der Waals surface area contributed by atoms with E-state index < -0.39 is 36.4 Å². The molecule has 1 atom stereocenters. The van der Waals surface area contributed by atoms with Gasteiger partial charge >= 0.3 is 23.9 Å². The van der Waals surface area contributed by atoms with E-state index in [1.807, 2.05) is 0 Å². The summed E-state index contributed by atoms with van der Waals surface area (Å²) in [7, 11) is 2.66. The minimum Gasteiger partial charge on any atom is -0.481 e. The number of nitrogens with zero attached hydrogens (tertiary/aromatic N) is 1. The topological polar surface area (TPSA) is 133 Å². The maximum Gasteiger partial charge on any atom is 0.326 e. The van der Waals surface area contributed by atoms with E-state index >= 15 is 0 Å². The number of hydrogen-bond acceptors (Lipinski definition) is 5. The molecular formula is C11H18N2O7. The predicted octanol–water partition coefficient (Wildman–Crippen LogP) is -0.491. The Labute approximate surface area is 115 Å². The molecule has 20 heavy (non-hydrogen) atoms. The van der Waals surface area contributed by atoms with Crippen molar-refractivity contribution in [3.05, 3.63) is 0 Å². The third-order valence-electron chi connectivity index (χ3n) is 2.42. The highest BCUT2D eigenvalue weighted by Gasteiger charge is 2.24. The molecule has 0 aromatic rings. The van der Waals surface area contributed by atoms with Crippen molar-refractivity contribution in [3.63, 3.8) is 0 Å². The van der Waals surface area contributed by atoms with Crippen LogP contribution in [0, 0.1) is 0 Å². The number of nitrogens with one attached hydrogen (secondary N) is 1. The third kappa shape index (κ3) is 7.19. The van der Waals surface area contributed by atoms with Crippen LogP contribution in [-0.4, -0.2) is 65.8 Å². The first-order valence-electron chi connectivity index (χ1n) is 5.81. The number of hydrogen-bond donors (Lipinski definition) is 3. The number of urea groups is 1. The van der Waals surface area contributed by atoms with Crippen LogP contribution >= 0.6 is 0 Å². The number of amides is 2. The lowest BCUT2D eigenvalue weighted by atomic mass is 10.2. The molecule has 0 spiro atoms. The van der Waals surface area contributed by atoms with Gasteiger partial charge in [0.25, 0.3) is 0 Å². The van der Waals surface area contributed by atoms with Crippen molar-refractivity contribution < 1.29 is 34.1 Å². The summed E-state index contributed by atoms with van der Waals surface area (Å²) in [4.78, 5) is 44.9. The first-order chi connectivity index (χ1) is 9.27. The fourth-order valence-electron chi connectivity index (χ4n) is 1.30. The van der Waals surface area contributed by atoms with Gasteiger partial charge in [-0.3, -0.25) is 9.59 Å². The molecule has 2 amide bonds. The van der Waals surface area contributed by atoms with Crippen LogP contribution in [0.25, 0.3) is 0 Å². The van der Waals surface area contributed by atoms with Crippen molar-refractivity contribution in [2.75, 3.05) is 20.7 Å². The van der Waals surface area contributed by atoms with E-state index in [1.54, 1.807) is 0 Å². The Bertz CT molecular complexity index is 383. The molecule has 0 heterocycles. The van der Waals surface area contributed by atoms with Crippen molar-refractivity contribution in [1.29, 1.82) is 0 Å². The maximum atomic E-state index is 11.6. The fourth-order valence-corrected chi connectivity index (χ4v) is 1.30. The van der Waals surface area contributed by atoms with Crippen LogP contribution in [0.2, 0.25) is 0 Å². The van der Waals surface area contributed by atoms with E-state index in [-0.39, 0.29) is 13.0 Å². The summed E-state index contributed by atoms with van der Waals surface area (Å²) >= 11 is 0. The molecule has 0 radical (unpaired) electrons. The molecule has 0 aromatic heterocycles. The molecule has 0 bridgehead atoms. The van der Waals surface area contributed by atoms with Gasteiger partial charge in [0.15, 0.2) is 0 Å². The summed E-state index contributed by atoms with van der Waals surface area (Å²) in [5.41, 5.74) is 0. The van der Waals surface area contributed by atoms with Gasteiger partial charge < -0.3 is 25.2 Å². The Kier molecular flexibility index (Phi) is 7.71. The van der Waals surface area contributed by atoms with Gasteiger partial charge in [-0.05, 0) is 6.42 Å². The van der Waals surface area contributed by atoms with Crippen LogP contribution in [-0.2, 0) is 19.1 Å². The van der Waals surface area contributed by atoms with Crippen molar-refractivity contribution in [1.82, 2.24) is 10.2 Å². The van der Waals surface area contributed by atoms with E-state index in [4.69, 9.17) is 10.2 Å². The van der Waals surface area contributed by atoms with Gasteiger partial charge in [-0.25, -0.2) is 9.59 Å². The fraction of sp³-hybridized carbons (Fsp3) is 0.636. The summed E-state index contributed by atoms with van der Waals surface area (Å²) < 4.78 is 4.43. The number of carboxylic acids is 2. The zero-order chi connectivity index (χ0) is 15.7. The smallest absolute Gasteiger partial charge is 0.326 e. The van der Waals surface area contributed by atoms with Crippen LogP contribution in [0.3, 0.4) is 0 Å². The highest BCUT2D eigenvalue weighted by molar-refractivity contribution is 5.86. The molecule has 3 N–H and O–H groups in total. The zero-order valence-electron chi connectivity index (χ0n) is 11.3. The largest absolute Gasteiger partial charge is 0.481 e. The molecule has 9 heteroatoms. The van der Waals surface area contributed by atoms with Crippen molar-refractivity contribution >= 4 is 23.9 Å². The molecule has 9 nitrogen and oxygen atoms in total. The van der Waals surface area contributed by atoms with Gasteiger partial charge in [0.2, 0.25) is 0 Å². The SMILES string of the molecule is COC(=O)CCCN(C)C(=O)N[C@@H](CC(=O)O)C(=O)O. The van der Waals surface area contributed by atoms with Crippen LogP contribution in [0.5, 0.6) is 0 Å². The molecule has 0 rings (SSSR count). The Morgan fingerprint density at radius 2 is 1.85 bits per heavy atom. The number of aliphatic carboxylic acids is 2. The zero-order valence-corrected chi connectivity index (χ0v) is 11.3. The number of methoxy groups -OCH3 is 1. The second-order valence-electron chi connectivity index (χ2n) is 4.04. The molecule has 0 aliphatic heterocycles. The maximum absolute atomic E-state index is 11.6. The van der Waals surface area contributed by atoms with E-state index in [2.05, 4.69) is 10.1 Å². The van der Waals surface area contributed by atoms with Crippen molar-refractivity contribution in [2.24, 2.45) is 0 Å². The average molecular weight is 290 g/mol. The average Bonchev–Trinajstić information content (AvgIpc) is 2.36. The monoisotopic (exact) mass is 290 g/mol. The number of carboxylic acid groups (broad SMARTS) is 2. The van der Waals surface area contributed by atoms with Gasteiger partial charge in [0.05, 0.1) is 13.5 Å². The molecule has 0 saturated carbocycles. The molecule has 0 aliphatic carbocycles. The summed E-state index contributed by atoms with van der Waals surface area (Å²) in [6, 6.07) is -2.22. The quantitative estimate of drug-likeness (QED) is 0.513. The highest BCUT2D eigenvalue weighted by Crippen LogP contribution is 1.98. The van der Waals surface area contributed by atoms with Crippen molar-refractivity contribution in [2.45, 2.75) is 25.3 Å². The van der Waals surface area contributed by atoms with Gasteiger partial charge in [0, 0.05) is 20.0 Å². The molecule has 114 valence electrons. The molecule has 0 aliphatic rings. The summed E-state index contributed by atoms with van der Waals surface area (Å²) in [5, 5.41) is 19.4. The number of carbonyl (C=O) groups excluding carboxylic acids is 2. The van der Waals surface area contributed by atoms with E-state index in [9.17, 15) is 19.2 Å². The minimum absolute atomic E-state index is 0.131. The van der Waals surface area contributed by atoms with E-state index in [0.29, 0.717) is 6.42 Å². The van der Waals surface area contributed by atoms with Gasteiger partial charge in [-0.1, -0.05) is 0 Å². The molecule has 0 aromatic carbocycles. The normalized spacial score (nSPS) is 11.3. The lowest BCUT2D eigenvalue weighted by Crippen LogP contribution is -2.47. The number of ether oxygens (including phenoxy) is 1. The number of carbonyl (C=O) groups is 4. The Morgan fingerprint density at radius 3 is 2.30 bits per heavy atom. The Morgan fingerprint density at radius 1 is 1.25 bits per heavy atom. The van der Waals surface area contributed by atoms with Crippen LogP contribution in [0.15, 0.2) is 0 Å². The van der Waals surface area contributed by atoms with Gasteiger partial charge in [0.1, 0.15) is 6.04 Å². The molecular weight excluding hydrogens is 272 g/mol. The van der Waals surface area contributed by atoms with Crippen LogP contribution < -0.4 is 5.32 Å². The minimum atomic E-state index is -1.50. The highest BCUT2D eigenvalue weighted by atomic mass is 16.5. The first kappa shape index (κ1) is 17.7. The van der Waals surface area contributed by atoms with E-state index in [0.717, 1.165) is 0 Å². The predicted molar refractivity (Wildman–Crippen MR) is 66.1 cm³/mol. The summed E-state index contributed by atoms with van der Waals surface area (Å²) in [6.45, 7) is 0.209. The first-order valence-corrected chi connectivity index (χ1v) is 5.81. The van der Waals surface area contributed by atoms with Crippen molar-refractivity contribution in [3.8, 4) is 0 Å². The Hall–Kier alpha value is -2.32. The van der Waals surface area contributed by atoms with Gasteiger partial charge in [-0.15, -0.1) is 0 Å². The molecule has 0 saturated heterocycles. The van der Waals surface area contributed by atoms with Gasteiger partial charge in [-0.2, -0.15) is 0 Å². The lowest BCUT2D eigenvalue weighted by molar-refractivity contribution is -0.145. The lowest BCUT2D eigenvalue weighted by Gasteiger charge is -2.20. The Balaban J connectivity index is 4.25. The second kappa shape index (κ2) is 8.73. The summed E-state index contributed by atoms with van der Waals surface area (Å²) in [6.07, 6.45) is -0.226. The van der Waals surface area contributed by atoms with Crippen LogP contribution in [0.4, 0.5) is 4.79 Å². The molecule has 0 unspecified atom stereocenters. The number of rotatable bonds is 8. The molecule has 0 fully saturated rings. The third-order valence-corrected chi connectivity index (χ3v) is 2.42. The second-order valence-corrected chi connectivity index (χ2v) is 4.04. The van der Waals surface area contributed by atoms with E-state index in [1.165, 1.54) is 19.1 Å². The summed E-state index contributed by atoms with van der Waals surface area (Å²) in [5.74, 6) is -3.16. The van der Waals surface area contributed by atoms with Crippen LogP contribution in [0.1, 0.15) is 19.3 Å². The number of esters is 1.